The molecule has 1 saturated heterocycles. The van der Waals surface area contributed by atoms with Gasteiger partial charge in [-0.2, -0.15) is 0 Å². The zero-order chi connectivity index (χ0) is 15.4. The molecule has 0 radical (unpaired) electrons. The van der Waals surface area contributed by atoms with Gasteiger partial charge < -0.3 is 14.2 Å². The van der Waals surface area contributed by atoms with E-state index in [9.17, 15) is 4.79 Å². The predicted molar refractivity (Wildman–Crippen MR) is 85.4 cm³/mol. The van der Waals surface area contributed by atoms with E-state index >= 15 is 0 Å². The summed E-state index contributed by atoms with van der Waals surface area (Å²) in [6, 6.07) is 14.2. The van der Waals surface area contributed by atoms with E-state index in [0.29, 0.717) is 12.8 Å². The van der Waals surface area contributed by atoms with E-state index in [1.165, 1.54) is 5.56 Å². The number of likely N-dealkylation sites (N-methyl/N-ethyl adjacent to an activating group) is 1. The van der Waals surface area contributed by atoms with E-state index in [-0.39, 0.29) is 11.9 Å². The summed E-state index contributed by atoms with van der Waals surface area (Å²) in [7, 11) is 2.11. The second-order valence-electron chi connectivity index (χ2n) is 5.86. The van der Waals surface area contributed by atoms with Gasteiger partial charge in [0.1, 0.15) is 5.76 Å². The maximum Gasteiger partial charge on any atom is 0.223 e. The van der Waals surface area contributed by atoms with Crippen LogP contribution in [0.15, 0.2) is 53.1 Å². The molecule has 2 heterocycles. The predicted octanol–water partition coefficient (Wildman–Crippen LogP) is 2.73. The Morgan fingerprint density at radius 1 is 1.18 bits per heavy atom. The maximum atomic E-state index is 12.6. The minimum Gasteiger partial charge on any atom is -0.469 e. The number of carbonyl (C=O) groups excluding carboxylic acids is 1. The van der Waals surface area contributed by atoms with Crippen molar-refractivity contribution in [3.8, 4) is 0 Å². The van der Waals surface area contributed by atoms with Crippen LogP contribution in [0.2, 0.25) is 0 Å². The van der Waals surface area contributed by atoms with Crippen LogP contribution < -0.4 is 0 Å². The topological polar surface area (TPSA) is 36.7 Å². The van der Waals surface area contributed by atoms with E-state index in [0.717, 1.165) is 25.4 Å². The SMILES string of the molecule is CN1CCN(C(=O)CCc2ccco2)C(c2ccccc2)C1. The van der Waals surface area contributed by atoms with Crippen LogP contribution in [0.25, 0.3) is 0 Å². The van der Waals surface area contributed by atoms with Crippen LogP contribution in [0.5, 0.6) is 0 Å². The van der Waals surface area contributed by atoms with Crippen molar-refractivity contribution in [2.24, 2.45) is 0 Å². The number of amides is 1. The molecule has 4 nitrogen and oxygen atoms in total. The normalized spacial score (nSPS) is 19.3. The molecule has 1 aliphatic heterocycles. The van der Waals surface area contributed by atoms with Crippen molar-refractivity contribution < 1.29 is 9.21 Å². The molecule has 1 atom stereocenters. The zero-order valence-electron chi connectivity index (χ0n) is 12.9. The molecule has 1 unspecified atom stereocenters. The van der Waals surface area contributed by atoms with Crippen LogP contribution in [0.1, 0.15) is 23.8 Å². The van der Waals surface area contributed by atoms with Crippen LogP contribution in [0.4, 0.5) is 0 Å². The molecule has 22 heavy (non-hydrogen) atoms. The first-order chi connectivity index (χ1) is 10.7. The molecule has 3 rings (SSSR count). The van der Waals surface area contributed by atoms with Crippen molar-refractivity contribution in [1.82, 2.24) is 9.80 Å². The molecule has 116 valence electrons. The summed E-state index contributed by atoms with van der Waals surface area (Å²) < 4.78 is 5.32. The molecule has 0 N–H and O–H groups in total. The molecule has 0 aliphatic carbocycles. The van der Waals surface area contributed by atoms with Crippen LogP contribution in [-0.4, -0.2) is 42.4 Å². The third-order valence-electron chi connectivity index (χ3n) is 4.25. The minimum absolute atomic E-state index is 0.143. The molecule has 4 heteroatoms. The standard InChI is InChI=1S/C18H22N2O2/c1-19-11-12-20(17(14-19)15-6-3-2-4-7-15)18(21)10-9-16-8-5-13-22-16/h2-8,13,17H,9-12,14H2,1H3. The molecule has 0 spiro atoms. The van der Waals surface area contributed by atoms with Crippen molar-refractivity contribution in [2.45, 2.75) is 18.9 Å². The minimum atomic E-state index is 0.143. The van der Waals surface area contributed by atoms with Crippen molar-refractivity contribution in [2.75, 3.05) is 26.7 Å². The first kappa shape index (κ1) is 14.9. The fourth-order valence-electron chi connectivity index (χ4n) is 3.01. The van der Waals surface area contributed by atoms with Gasteiger partial charge in [0, 0.05) is 32.5 Å². The Kier molecular flexibility index (Phi) is 4.59. The van der Waals surface area contributed by atoms with Gasteiger partial charge in [-0.25, -0.2) is 0 Å². The Bertz CT molecular complexity index is 595. The fraction of sp³-hybridized carbons (Fsp3) is 0.389. The van der Waals surface area contributed by atoms with Gasteiger partial charge >= 0.3 is 0 Å². The van der Waals surface area contributed by atoms with Gasteiger partial charge in [0.2, 0.25) is 5.91 Å². The molecule has 1 aliphatic rings. The zero-order valence-corrected chi connectivity index (χ0v) is 12.9. The number of benzene rings is 1. The number of hydrogen-bond donors (Lipinski definition) is 0. The fourth-order valence-corrected chi connectivity index (χ4v) is 3.01. The van der Waals surface area contributed by atoms with Gasteiger partial charge in [0.25, 0.3) is 0 Å². The van der Waals surface area contributed by atoms with E-state index in [4.69, 9.17) is 4.42 Å². The van der Waals surface area contributed by atoms with Gasteiger partial charge in [0.05, 0.1) is 12.3 Å². The van der Waals surface area contributed by atoms with Crippen molar-refractivity contribution in [1.29, 1.82) is 0 Å². The summed E-state index contributed by atoms with van der Waals surface area (Å²) in [6.45, 7) is 2.60. The average Bonchev–Trinajstić information content (AvgIpc) is 3.07. The highest BCUT2D eigenvalue weighted by Crippen LogP contribution is 2.25. The van der Waals surface area contributed by atoms with Crippen LogP contribution in [0.3, 0.4) is 0 Å². The highest BCUT2D eigenvalue weighted by molar-refractivity contribution is 5.77. The Morgan fingerprint density at radius 3 is 2.73 bits per heavy atom. The first-order valence-electron chi connectivity index (χ1n) is 7.79. The first-order valence-corrected chi connectivity index (χ1v) is 7.79. The second-order valence-corrected chi connectivity index (χ2v) is 5.86. The van der Waals surface area contributed by atoms with Crippen LogP contribution >= 0.6 is 0 Å². The molecular formula is C18H22N2O2. The number of aryl methyl sites for hydroxylation is 1. The van der Waals surface area contributed by atoms with Crippen LogP contribution in [-0.2, 0) is 11.2 Å². The molecule has 1 fully saturated rings. The Hall–Kier alpha value is -2.07. The summed E-state index contributed by atoms with van der Waals surface area (Å²) in [6.07, 6.45) is 2.82. The molecule has 2 aromatic rings. The molecule has 0 saturated carbocycles. The summed E-state index contributed by atoms with van der Waals surface area (Å²) in [5, 5.41) is 0. The second kappa shape index (κ2) is 6.79. The largest absolute Gasteiger partial charge is 0.469 e. The highest BCUT2D eigenvalue weighted by Gasteiger charge is 2.29. The quantitative estimate of drug-likeness (QED) is 0.871. The van der Waals surface area contributed by atoms with Gasteiger partial charge in [0.15, 0.2) is 0 Å². The Balaban J connectivity index is 1.70. The van der Waals surface area contributed by atoms with E-state index in [1.807, 2.05) is 35.2 Å². The third-order valence-corrected chi connectivity index (χ3v) is 4.25. The van der Waals surface area contributed by atoms with Crippen molar-refractivity contribution >= 4 is 5.91 Å². The molecule has 1 amide bonds. The van der Waals surface area contributed by atoms with Gasteiger partial charge in [-0.15, -0.1) is 0 Å². The van der Waals surface area contributed by atoms with E-state index in [2.05, 4.69) is 24.1 Å². The molecule has 0 bridgehead atoms. The van der Waals surface area contributed by atoms with Gasteiger partial charge in [-0.05, 0) is 24.7 Å². The van der Waals surface area contributed by atoms with Crippen LogP contribution in [0, 0.1) is 0 Å². The van der Waals surface area contributed by atoms with Crippen molar-refractivity contribution in [3.05, 3.63) is 60.1 Å². The summed E-state index contributed by atoms with van der Waals surface area (Å²) in [5.74, 6) is 1.08. The summed E-state index contributed by atoms with van der Waals surface area (Å²) in [5.41, 5.74) is 1.21. The van der Waals surface area contributed by atoms with E-state index < -0.39 is 0 Å². The molecule has 1 aromatic heterocycles. The van der Waals surface area contributed by atoms with Gasteiger partial charge in [-0.1, -0.05) is 30.3 Å². The van der Waals surface area contributed by atoms with Crippen molar-refractivity contribution in [3.63, 3.8) is 0 Å². The number of nitrogens with zero attached hydrogens (tertiary/aromatic N) is 2. The lowest BCUT2D eigenvalue weighted by atomic mass is 10.0. The third kappa shape index (κ3) is 3.39. The smallest absolute Gasteiger partial charge is 0.223 e. The van der Waals surface area contributed by atoms with E-state index in [1.54, 1.807) is 6.26 Å². The summed E-state index contributed by atoms with van der Waals surface area (Å²) >= 11 is 0. The lowest BCUT2D eigenvalue weighted by molar-refractivity contribution is -0.136. The Labute approximate surface area is 131 Å². The molecule has 1 aromatic carbocycles. The number of rotatable bonds is 4. The highest BCUT2D eigenvalue weighted by atomic mass is 16.3. The van der Waals surface area contributed by atoms with Gasteiger partial charge in [-0.3, -0.25) is 4.79 Å². The summed E-state index contributed by atoms with van der Waals surface area (Å²) in [4.78, 5) is 17.0. The maximum absolute atomic E-state index is 12.6. The number of carbonyl (C=O) groups is 1. The Morgan fingerprint density at radius 2 is 2.00 bits per heavy atom. The monoisotopic (exact) mass is 298 g/mol. The molecular weight excluding hydrogens is 276 g/mol. The lowest BCUT2D eigenvalue weighted by Crippen LogP contribution is -2.49. The average molecular weight is 298 g/mol. The number of hydrogen-bond acceptors (Lipinski definition) is 3. The lowest BCUT2D eigenvalue weighted by Gasteiger charge is -2.40. The number of furan rings is 1. The number of piperazine rings is 1.